The van der Waals surface area contributed by atoms with Crippen LogP contribution in [0, 0.1) is 19.8 Å². The Labute approximate surface area is 130 Å². The first kappa shape index (κ1) is 18.2. The van der Waals surface area contributed by atoms with Crippen LogP contribution in [-0.2, 0) is 9.84 Å². The van der Waals surface area contributed by atoms with Crippen molar-refractivity contribution in [2.45, 2.75) is 52.8 Å². The molecule has 0 heterocycles. The molecule has 4 heteroatoms. The van der Waals surface area contributed by atoms with Crippen LogP contribution in [-0.4, -0.2) is 26.0 Å². The van der Waals surface area contributed by atoms with Gasteiger partial charge in [0.2, 0.25) is 0 Å². The van der Waals surface area contributed by atoms with E-state index < -0.39 is 9.84 Å². The van der Waals surface area contributed by atoms with Gasteiger partial charge in [0, 0.05) is 6.04 Å². The third-order valence-corrected chi connectivity index (χ3v) is 6.48. The SMILES string of the molecule is CCNC(CS(=O)(=O)C(C)C(C)C)c1cc(C)cc(C)c1. The van der Waals surface area contributed by atoms with Gasteiger partial charge in [-0.15, -0.1) is 0 Å². The van der Waals surface area contributed by atoms with Crippen molar-refractivity contribution in [3.8, 4) is 0 Å². The zero-order valence-electron chi connectivity index (χ0n) is 14.1. The number of nitrogens with one attached hydrogen (secondary N) is 1. The standard InChI is InChI=1S/C17H29NO2S/c1-7-18-17(11-21(19,20)15(6)12(2)3)16-9-13(4)8-14(5)10-16/h8-10,12,15,17-18H,7,11H2,1-6H3. The van der Waals surface area contributed by atoms with Crippen LogP contribution in [0.3, 0.4) is 0 Å². The van der Waals surface area contributed by atoms with E-state index >= 15 is 0 Å². The normalized spacial score (nSPS) is 15.2. The van der Waals surface area contributed by atoms with Crippen molar-refractivity contribution in [2.75, 3.05) is 12.3 Å². The van der Waals surface area contributed by atoms with Gasteiger partial charge >= 0.3 is 0 Å². The average Bonchev–Trinajstić information content (AvgIpc) is 2.35. The molecule has 0 aliphatic heterocycles. The molecule has 0 aromatic heterocycles. The zero-order valence-corrected chi connectivity index (χ0v) is 14.9. The van der Waals surface area contributed by atoms with Crippen LogP contribution in [0.25, 0.3) is 0 Å². The monoisotopic (exact) mass is 311 g/mol. The summed E-state index contributed by atoms with van der Waals surface area (Å²) in [6.45, 7) is 12.6. The third-order valence-electron chi connectivity index (χ3n) is 4.00. The lowest BCUT2D eigenvalue weighted by Gasteiger charge is -2.23. The van der Waals surface area contributed by atoms with E-state index in [0.717, 1.165) is 12.1 Å². The summed E-state index contributed by atoms with van der Waals surface area (Å²) in [5.41, 5.74) is 3.40. The largest absolute Gasteiger partial charge is 0.309 e. The molecule has 0 saturated carbocycles. The highest BCUT2D eigenvalue weighted by molar-refractivity contribution is 7.92. The van der Waals surface area contributed by atoms with Crippen LogP contribution in [0.1, 0.15) is 50.4 Å². The molecule has 21 heavy (non-hydrogen) atoms. The second kappa shape index (κ2) is 7.41. The predicted molar refractivity (Wildman–Crippen MR) is 90.4 cm³/mol. The molecule has 0 aliphatic carbocycles. The minimum atomic E-state index is -3.12. The Balaban J connectivity index is 3.07. The molecular formula is C17H29NO2S. The first-order chi connectivity index (χ1) is 9.67. The Bertz CT molecular complexity index is 544. The lowest BCUT2D eigenvalue weighted by Crippen LogP contribution is -2.34. The molecule has 1 rings (SSSR count). The van der Waals surface area contributed by atoms with E-state index in [4.69, 9.17) is 0 Å². The zero-order chi connectivity index (χ0) is 16.2. The van der Waals surface area contributed by atoms with Crippen LogP contribution in [0.2, 0.25) is 0 Å². The van der Waals surface area contributed by atoms with Gasteiger partial charge in [0.05, 0.1) is 11.0 Å². The first-order valence-corrected chi connectivity index (χ1v) is 9.42. The molecule has 3 nitrogen and oxygen atoms in total. The second-order valence-corrected chi connectivity index (χ2v) is 8.71. The van der Waals surface area contributed by atoms with Crippen LogP contribution in [0.4, 0.5) is 0 Å². The van der Waals surface area contributed by atoms with E-state index in [1.54, 1.807) is 0 Å². The van der Waals surface area contributed by atoms with Gasteiger partial charge in [0.25, 0.3) is 0 Å². The summed E-state index contributed by atoms with van der Waals surface area (Å²) in [7, 11) is -3.12. The van der Waals surface area contributed by atoms with Gasteiger partial charge in [-0.1, -0.05) is 50.1 Å². The molecule has 120 valence electrons. The van der Waals surface area contributed by atoms with Gasteiger partial charge in [-0.05, 0) is 38.8 Å². The molecule has 1 N–H and O–H groups in total. The van der Waals surface area contributed by atoms with E-state index in [1.807, 2.05) is 41.5 Å². The fourth-order valence-corrected chi connectivity index (χ4v) is 4.44. The van der Waals surface area contributed by atoms with Crippen LogP contribution in [0.5, 0.6) is 0 Å². The molecule has 1 aromatic carbocycles. The average molecular weight is 311 g/mol. The molecule has 0 radical (unpaired) electrons. The van der Waals surface area contributed by atoms with Gasteiger partial charge in [-0.25, -0.2) is 8.42 Å². The van der Waals surface area contributed by atoms with Gasteiger partial charge in [-0.2, -0.15) is 0 Å². The summed E-state index contributed by atoms with van der Waals surface area (Å²) in [6, 6.07) is 6.13. The lowest BCUT2D eigenvalue weighted by atomic mass is 10.0. The lowest BCUT2D eigenvalue weighted by molar-refractivity contribution is 0.525. The highest BCUT2D eigenvalue weighted by atomic mass is 32.2. The Kier molecular flexibility index (Phi) is 6.41. The van der Waals surface area contributed by atoms with E-state index in [1.165, 1.54) is 11.1 Å². The fourth-order valence-electron chi connectivity index (χ4n) is 2.53. The maximum absolute atomic E-state index is 12.6. The Morgan fingerprint density at radius 2 is 1.57 bits per heavy atom. The number of hydrogen-bond donors (Lipinski definition) is 1. The van der Waals surface area contributed by atoms with Crippen LogP contribution < -0.4 is 5.32 Å². The maximum Gasteiger partial charge on any atom is 0.155 e. The highest BCUT2D eigenvalue weighted by Crippen LogP contribution is 2.22. The summed E-state index contributed by atoms with van der Waals surface area (Å²) in [4.78, 5) is 0. The smallest absolute Gasteiger partial charge is 0.155 e. The van der Waals surface area contributed by atoms with Gasteiger partial charge in [0.15, 0.2) is 9.84 Å². The predicted octanol–water partition coefficient (Wildman–Crippen LogP) is 3.41. The van der Waals surface area contributed by atoms with Crippen LogP contribution in [0.15, 0.2) is 18.2 Å². The fraction of sp³-hybridized carbons (Fsp3) is 0.647. The molecule has 0 fully saturated rings. The molecule has 1 aromatic rings. The Hall–Kier alpha value is -0.870. The third kappa shape index (κ3) is 5.11. The maximum atomic E-state index is 12.6. The van der Waals surface area contributed by atoms with Crippen molar-refractivity contribution >= 4 is 9.84 Å². The number of benzene rings is 1. The minimum Gasteiger partial charge on any atom is -0.309 e. The summed E-state index contributed by atoms with van der Waals surface area (Å²) in [6.07, 6.45) is 0. The Morgan fingerprint density at radius 3 is 2.00 bits per heavy atom. The highest BCUT2D eigenvalue weighted by Gasteiger charge is 2.28. The summed E-state index contributed by atoms with van der Waals surface area (Å²) in [5, 5.41) is 3.01. The van der Waals surface area contributed by atoms with Crippen molar-refractivity contribution in [3.05, 3.63) is 34.9 Å². The second-order valence-electron chi connectivity index (χ2n) is 6.31. The summed E-state index contributed by atoms with van der Waals surface area (Å²) >= 11 is 0. The summed E-state index contributed by atoms with van der Waals surface area (Å²) in [5.74, 6) is 0.292. The quantitative estimate of drug-likeness (QED) is 0.839. The number of rotatable bonds is 7. The van der Waals surface area contributed by atoms with Gasteiger partial charge in [0.1, 0.15) is 0 Å². The van der Waals surface area contributed by atoms with Gasteiger partial charge < -0.3 is 5.32 Å². The molecule has 2 unspecified atom stereocenters. The van der Waals surface area contributed by atoms with Crippen molar-refractivity contribution in [1.29, 1.82) is 0 Å². The summed E-state index contributed by atoms with van der Waals surface area (Å²) < 4.78 is 25.1. The van der Waals surface area contributed by atoms with E-state index in [-0.39, 0.29) is 23.0 Å². The number of aryl methyl sites for hydroxylation is 2. The topological polar surface area (TPSA) is 46.2 Å². The molecular weight excluding hydrogens is 282 g/mol. The van der Waals surface area contributed by atoms with Crippen molar-refractivity contribution in [3.63, 3.8) is 0 Å². The van der Waals surface area contributed by atoms with Crippen molar-refractivity contribution < 1.29 is 8.42 Å². The van der Waals surface area contributed by atoms with Crippen LogP contribution >= 0.6 is 0 Å². The molecule has 2 atom stereocenters. The molecule has 0 spiro atoms. The number of sulfone groups is 1. The van der Waals surface area contributed by atoms with E-state index in [0.29, 0.717) is 0 Å². The Morgan fingerprint density at radius 1 is 1.05 bits per heavy atom. The van der Waals surface area contributed by atoms with Crippen molar-refractivity contribution in [1.82, 2.24) is 5.32 Å². The van der Waals surface area contributed by atoms with Crippen molar-refractivity contribution in [2.24, 2.45) is 5.92 Å². The number of hydrogen-bond acceptors (Lipinski definition) is 3. The van der Waals surface area contributed by atoms with E-state index in [2.05, 4.69) is 23.5 Å². The van der Waals surface area contributed by atoms with Gasteiger partial charge in [-0.3, -0.25) is 0 Å². The molecule has 0 bridgehead atoms. The van der Waals surface area contributed by atoms with E-state index in [9.17, 15) is 8.42 Å². The molecule has 0 amide bonds. The molecule has 0 saturated heterocycles. The first-order valence-electron chi connectivity index (χ1n) is 7.70. The molecule has 0 aliphatic rings. The minimum absolute atomic E-state index is 0.136.